The van der Waals surface area contributed by atoms with Crippen molar-refractivity contribution in [2.45, 2.75) is 26.3 Å². The lowest BCUT2D eigenvalue weighted by atomic mass is 10.00. The summed E-state index contributed by atoms with van der Waals surface area (Å²) in [5.41, 5.74) is 5.96. The molecule has 3 heterocycles. The fraction of sp³-hybridized carbons (Fsp3) is 0.278. The number of H-pyrrole nitrogens is 1. The van der Waals surface area contributed by atoms with Crippen LogP contribution in [0.5, 0.6) is 0 Å². The first-order valence-corrected chi connectivity index (χ1v) is 8.52. The lowest BCUT2D eigenvalue weighted by Crippen LogP contribution is -2.31. The summed E-state index contributed by atoms with van der Waals surface area (Å²) in [6.07, 6.45) is 1.96. The number of aromatic amines is 1. The van der Waals surface area contributed by atoms with E-state index in [9.17, 15) is 0 Å². The van der Waals surface area contributed by atoms with Crippen LogP contribution in [0, 0.1) is 0 Å². The predicted octanol–water partition coefficient (Wildman–Crippen LogP) is 3.65. The van der Waals surface area contributed by atoms with Crippen molar-refractivity contribution in [2.75, 3.05) is 11.4 Å². The molecule has 1 aliphatic heterocycles. The summed E-state index contributed by atoms with van der Waals surface area (Å²) in [6.45, 7) is 3.82. The minimum atomic E-state index is 0.413. The van der Waals surface area contributed by atoms with Crippen LogP contribution in [0.15, 0.2) is 36.4 Å². The fourth-order valence-corrected chi connectivity index (χ4v) is 3.21. The number of anilines is 1. The largest absolute Gasteiger partial charge is 0.350 e. The number of nitrogens with one attached hydrogen (secondary N) is 1. The molecule has 0 amide bonds. The van der Waals surface area contributed by atoms with E-state index in [2.05, 4.69) is 56.5 Å². The van der Waals surface area contributed by atoms with Gasteiger partial charge in [-0.3, -0.25) is 5.10 Å². The maximum Gasteiger partial charge on any atom is 0.151 e. The smallest absolute Gasteiger partial charge is 0.151 e. The average molecular weight is 340 g/mol. The standard InChI is InChI=1S/C18H18ClN5/c1-2-12-3-5-13(6-4-12)18-14-11-24(10-9-15(14)20-23-18)17-8-7-16(19)21-22-17/h3-8H,2,9-11H2,1H3,(H,20,23). The molecule has 0 saturated carbocycles. The zero-order chi connectivity index (χ0) is 16.5. The summed E-state index contributed by atoms with van der Waals surface area (Å²) >= 11 is 5.84. The van der Waals surface area contributed by atoms with Crippen LogP contribution in [0.2, 0.25) is 5.15 Å². The van der Waals surface area contributed by atoms with Crippen molar-refractivity contribution in [1.29, 1.82) is 0 Å². The highest BCUT2D eigenvalue weighted by molar-refractivity contribution is 6.29. The Hall–Kier alpha value is -2.40. The Morgan fingerprint density at radius 2 is 1.96 bits per heavy atom. The molecule has 0 unspecified atom stereocenters. The first kappa shape index (κ1) is 15.1. The van der Waals surface area contributed by atoms with Crippen molar-refractivity contribution in [3.05, 3.63) is 58.4 Å². The molecule has 1 aliphatic rings. The predicted molar refractivity (Wildman–Crippen MR) is 95.2 cm³/mol. The van der Waals surface area contributed by atoms with Crippen LogP contribution in [0.4, 0.5) is 5.82 Å². The molecule has 24 heavy (non-hydrogen) atoms. The molecule has 0 radical (unpaired) electrons. The second-order valence-corrected chi connectivity index (χ2v) is 6.35. The summed E-state index contributed by atoms with van der Waals surface area (Å²) in [5, 5.41) is 16.3. The van der Waals surface area contributed by atoms with E-state index < -0.39 is 0 Å². The molecular weight excluding hydrogens is 322 g/mol. The Morgan fingerprint density at radius 1 is 1.12 bits per heavy atom. The molecule has 0 saturated heterocycles. The number of benzene rings is 1. The zero-order valence-corrected chi connectivity index (χ0v) is 14.2. The Morgan fingerprint density at radius 3 is 2.67 bits per heavy atom. The number of hydrogen-bond donors (Lipinski definition) is 1. The van der Waals surface area contributed by atoms with E-state index in [4.69, 9.17) is 11.6 Å². The second kappa shape index (κ2) is 6.24. The third-order valence-corrected chi connectivity index (χ3v) is 4.71. The summed E-state index contributed by atoms with van der Waals surface area (Å²) in [4.78, 5) is 2.21. The molecule has 0 aliphatic carbocycles. The van der Waals surface area contributed by atoms with E-state index in [-0.39, 0.29) is 0 Å². The van der Waals surface area contributed by atoms with Crippen LogP contribution in [-0.4, -0.2) is 26.9 Å². The van der Waals surface area contributed by atoms with Crippen molar-refractivity contribution in [2.24, 2.45) is 0 Å². The van der Waals surface area contributed by atoms with E-state index in [0.717, 1.165) is 43.0 Å². The molecule has 3 aromatic rings. The van der Waals surface area contributed by atoms with Gasteiger partial charge in [0.1, 0.15) is 0 Å². The number of hydrogen-bond acceptors (Lipinski definition) is 4. The molecule has 0 fully saturated rings. The van der Waals surface area contributed by atoms with Gasteiger partial charge in [0.25, 0.3) is 0 Å². The Balaban J connectivity index is 1.65. The van der Waals surface area contributed by atoms with Gasteiger partial charge in [-0.15, -0.1) is 10.2 Å². The molecule has 1 aromatic carbocycles. The fourth-order valence-electron chi connectivity index (χ4n) is 3.11. The van der Waals surface area contributed by atoms with Gasteiger partial charge in [0, 0.05) is 36.3 Å². The van der Waals surface area contributed by atoms with Crippen molar-refractivity contribution >= 4 is 17.4 Å². The molecule has 0 atom stereocenters. The summed E-state index contributed by atoms with van der Waals surface area (Å²) in [7, 11) is 0. The topological polar surface area (TPSA) is 57.7 Å². The summed E-state index contributed by atoms with van der Waals surface area (Å²) in [6, 6.07) is 12.3. The van der Waals surface area contributed by atoms with Gasteiger partial charge >= 0.3 is 0 Å². The number of aryl methyl sites for hydroxylation is 1. The highest BCUT2D eigenvalue weighted by Gasteiger charge is 2.23. The Labute approximate surface area is 145 Å². The summed E-state index contributed by atoms with van der Waals surface area (Å²) in [5.74, 6) is 0.846. The lowest BCUT2D eigenvalue weighted by Gasteiger charge is -2.27. The van der Waals surface area contributed by atoms with E-state index in [1.165, 1.54) is 16.8 Å². The van der Waals surface area contributed by atoms with Crippen molar-refractivity contribution in [3.8, 4) is 11.3 Å². The third-order valence-electron chi connectivity index (χ3n) is 4.51. The van der Waals surface area contributed by atoms with Gasteiger partial charge in [0.2, 0.25) is 0 Å². The monoisotopic (exact) mass is 339 g/mol. The molecule has 1 N–H and O–H groups in total. The van der Waals surface area contributed by atoms with Crippen LogP contribution in [0.25, 0.3) is 11.3 Å². The highest BCUT2D eigenvalue weighted by Crippen LogP contribution is 2.30. The number of rotatable bonds is 3. The average Bonchev–Trinajstić information content (AvgIpc) is 3.05. The Kier molecular flexibility index (Phi) is 3.94. The van der Waals surface area contributed by atoms with Gasteiger partial charge in [-0.05, 0) is 24.1 Å². The summed E-state index contributed by atoms with van der Waals surface area (Å²) < 4.78 is 0. The van der Waals surface area contributed by atoms with Gasteiger partial charge < -0.3 is 4.90 Å². The van der Waals surface area contributed by atoms with Gasteiger partial charge in [-0.25, -0.2) is 0 Å². The van der Waals surface area contributed by atoms with Crippen molar-refractivity contribution < 1.29 is 0 Å². The molecular formula is C18H18ClN5. The molecule has 6 heteroatoms. The zero-order valence-electron chi connectivity index (χ0n) is 13.5. The lowest BCUT2D eigenvalue weighted by molar-refractivity contribution is 0.704. The Bertz CT molecular complexity index is 839. The SMILES string of the molecule is CCc1ccc(-c2n[nH]c3c2CN(c2ccc(Cl)nn2)CC3)cc1. The number of fused-ring (bicyclic) bond motifs is 1. The number of halogens is 1. The number of nitrogens with zero attached hydrogens (tertiary/aromatic N) is 4. The van der Waals surface area contributed by atoms with E-state index >= 15 is 0 Å². The van der Waals surface area contributed by atoms with Crippen LogP contribution in [0.3, 0.4) is 0 Å². The molecule has 122 valence electrons. The van der Waals surface area contributed by atoms with E-state index in [0.29, 0.717) is 5.15 Å². The van der Waals surface area contributed by atoms with Crippen LogP contribution < -0.4 is 4.90 Å². The normalized spacial score (nSPS) is 13.8. The van der Waals surface area contributed by atoms with Crippen LogP contribution >= 0.6 is 11.6 Å². The quantitative estimate of drug-likeness (QED) is 0.791. The number of aromatic nitrogens is 4. The first-order chi connectivity index (χ1) is 11.7. The van der Waals surface area contributed by atoms with Crippen LogP contribution in [-0.2, 0) is 19.4 Å². The van der Waals surface area contributed by atoms with Crippen molar-refractivity contribution in [3.63, 3.8) is 0 Å². The third kappa shape index (κ3) is 2.76. The van der Waals surface area contributed by atoms with Crippen molar-refractivity contribution in [1.82, 2.24) is 20.4 Å². The van der Waals surface area contributed by atoms with Gasteiger partial charge in [-0.1, -0.05) is 42.8 Å². The van der Waals surface area contributed by atoms with Gasteiger partial charge in [0.15, 0.2) is 11.0 Å². The molecule has 0 spiro atoms. The molecule has 2 aromatic heterocycles. The first-order valence-electron chi connectivity index (χ1n) is 8.14. The second-order valence-electron chi connectivity index (χ2n) is 5.97. The van der Waals surface area contributed by atoms with E-state index in [1.54, 1.807) is 6.07 Å². The minimum absolute atomic E-state index is 0.413. The van der Waals surface area contributed by atoms with E-state index in [1.807, 2.05) is 6.07 Å². The van der Waals surface area contributed by atoms with Crippen LogP contribution in [0.1, 0.15) is 23.7 Å². The minimum Gasteiger partial charge on any atom is -0.350 e. The highest BCUT2D eigenvalue weighted by atomic mass is 35.5. The van der Waals surface area contributed by atoms with Gasteiger partial charge in [0.05, 0.1) is 5.69 Å². The van der Waals surface area contributed by atoms with Gasteiger partial charge in [-0.2, -0.15) is 5.10 Å². The molecule has 5 nitrogen and oxygen atoms in total. The molecule has 0 bridgehead atoms. The molecule has 4 rings (SSSR count). The maximum absolute atomic E-state index is 5.84. The maximum atomic E-state index is 5.84.